The van der Waals surface area contributed by atoms with Gasteiger partial charge >= 0.3 is 0 Å². The maximum Gasteiger partial charge on any atom is 0.0628 e. The molecule has 0 aliphatic heterocycles. The summed E-state index contributed by atoms with van der Waals surface area (Å²) in [5, 5.41) is 3.53. The topological polar surface area (TPSA) is 12.0 Å². The van der Waals surface area contributed by atoms with E-state index >= 15 is 0 Å². The lowest BCUT2D eigenvalue weighted by Gasteiger charge is -2.16. The molecule has 0 fully saturated rings. The molecule has 1 aromatic heterocycles. The van der Waals surface area contributed by atoms with Gasteiger partial charge in [0.2, 0.25) is 0 Å². The molecule has 0 amide bonds. The van der Waals surface area contributed by atoms with Crippen molar-refractivity contribution in [1.29, 1.82) is 0 Å². The standard InChI is InChI=1S/C16H23NS/c1-17-16(12-7-5-6-8-12)15-11-13-9-3-2-4-10-14(13)18-15/h7,11,16-17H,2-6,8-10H2,1H3. The number of thiophene rings is 1. The molecule has 2 aliphatic rings. The highest BCUT2D eigenvalue weighted by atomic mass is 32.1. The third-order valence-electron chi connectivity index (χ3n) is 4.29. The summed E-state index contributed by atoms with van der Waals surface area (Å²) in [5.41, 5.74) is 3.26. The van der Waals surface area contributed by atoms with Crippen molar-refractivity contribution in [1.82, 2.24) is 5.32 Å². The number of hydrogen-bond donors (Lipinski definition) is 1. The van der Waals surface area contributed by atoms with E-state index in [2.05, 4.69) is 35.8 Å². The van der Waals surface area contributed by atoms with E-state index in [9.17, 15) is 0 Å². The SMILES string of the molecule is CNC(C1=CCCC1)c1cc2c(s1)CCCCC2. The van der Waals surface area contributed by atoms with Crippen molar-refractivity contribution in [2.24, 2.45) is 0 Å². The molecule has 1 aromatic rings. The molecule has 1 atom stereocenters. The molecule has 98 valence electrons. The highest BCUT2D eigenvalue weighted by molar-refractivity contribution is 7.12. The van der Waals surface area contributed by atoms with Gasteiger partial charge in [0.15, 0.2) is 0 Å². The first-order valence-corrected chi connectivity index (χ1v) is 8.18. The molecule has 3 rings (SSSR count). The molecule has 0 radical (unpaired) electrons. The van der Waals surface area contributed by atoms with Gasteiger partial charge in [0.25, 0.3) is 0 Å². The zero-order valence-corrected chi connectivity index (χ0v) is 12.1. The number of hydrogen-bond acceptors (Lipinski definition) is 2. The van der Waals surface area contributed by atoms with Crippen LogP contribution in [-0.4, -0.2) is 7.05 Å². The molecule has 1 nitrogen and oxygen atoms in total. The predicted octanol–water partition coefficient (Wildman–Crippen LogP) is 4.39. The minimum absolute atomic E-state index is 0.490. The molecule has 0 bridgehead atoms. The Morgan fingerprint density at radius 1 is 1.11 bits per heavy atom. The first-order valence-electron chi connectivity index (χ1n) is 7.36. The fourth-order valence-electron chi connectivity index (χ4n) is 3.30. The van der Waals surface area contributed by atoms with Crippen LogP contribution in [0.25, 0.3) is 0 Å². The quantitative estimate of drug-likeness (QED) is 0.628. The lowest BCUT2D eigenvalue weighted by Crippen LogP contribution is -2.16. The monoisotopic (exact) mass is 261 g/mol. The Labute approximate surface area is 114 Å². The summed E-state index contributed by atoms with van der Waals surface area (Å²) in [7, 11) is 2.11. The Morgan fingerprint density at radius 3 is 2.78 bits per heavy atom. The van der Waals surface area contributed by atoms with E-state index in [-0.39, 0.29) is 0 Å². The molecule has 0 saturated heterocycles. The van der Waals surface area contributed by atoms with Crippen molar-refractivity contribution in [2.75, 3.05) is 7.05 Å². The molecule has 1 N–H and O–H groups in total. The number of nitrogens with one attached hydrogen (secondary N) is 1. The van der Waals surface area contributed by atoms with E-state index in [0.29, 0.717) is 6.04 Å². The Hall–Kier alpha value is -0.600. The van der Waals surface area contributed by atoms with Crippen molar-refractivity contribution >= 4 is 11.3 Å². The first-order chi connectivity index (χ1) is 8.88. The van der Waals surface area contributed by atoms with E-state index in [1.165, 1.54) is 51.4 Å². The zero-order valence-electron chi connectivity index (χ0n) is 11.3. The minimum Gasteiger partial charge on any atom is -0.309 e. The highest BCUT2D eigenvalue weighted by Gasteiger charge is 2.21. The van der Waals surface area contributed by atoms with Gasteiger partial charge in [-0.25, -0.2) is 0 Å². The van der Waals surface area contributed by atoms with Crippen LogP contribution >= 0.6 is 11.3 Å². The van der Waals surface area contributed by atoms with Crippen LogP contribution in [0.2, 0.25) is 0 Å². The number of fused-ring (bicyclic) bond motifs is 1. The average molecular weight is 261 g/mol. The van der Waals surface area contributed by atoms with E-state index < -0.39 is 0 Å². The fraction of sp³-hybridized carbons (Fsp3) is 0.625. The number of allylic oxidation sites excluding steroid dienone is 1. The van der Waals surface area contributed by atoms with Crippen molar-refractivity contribution in [3.8, 4) is 0 Å². The second-order valence-electron chi connectivity index (χ2n) is 5.55. The molecular formula is C16H23NS. The Balaban J connectivity index is 1.86. The van der Waals surface area contributed by atoms with Crippen LogP contribution in [0.4, 0.5) is 0 Å². The van der Waals surface area contributed by atoms with Gasteiger partial charge in [-0.15, -0.1) is 11.3 Å². The molecule has 0 spiro atoms. The second-order valence-corrected chi connectivity index (χ2v) is 6.72. The number of aryl methyl sites for hydroxylation is 2. The second kappa shape index (κ2) is 5.58. The van der Waals surface area contributed by atoms with Crippen LogP contribution < -0.4 is 5.32 Å². The van der Waals surface area contributed by atoms with Crippen molar-refractivity contribution in [3.63, 3.8) is 0 Å². The van der Waals surface area contributed by atoms with Gasteiger partial charge in [-0.3, -0.25) is 0 Å². The normalized spacial score (nSPS) is 21.3. The Kier molecular flexibility index (Phi) is 3.86. The summed E-state index contributed by atoms with van der Waals surface area (Å²) in [4.78, 5) is 3.22. The number of rotatable bonds is 3. The molecule has 0 saturated carbocycles. The molecule has 1 unspecified atom stereocenters. The lowest BCUT2D eigenvalue weighted by molar-refractivity contribution is 0.664. The van der Waals surface area contributed by atoms with Gasteiger partial charge in [-0.2, -0.15) is 0 Å². The van der Waals surface area contributed by atoms with Crippen molar-refractivity contribution in [2.45, 2.75) is 57.4 Å². The van der Waals surface area contributed by atoms with E-state index in [4.69, 9.17) is 0 Å². The molecule has 1 heterocycles. The smallest absolute Gasteiger partial charge is 0.0628 e. The van der Waals surface area contributed by atoms with Crippen molar-refractivity contribution < 1.29 is 0 Å². The van der Waals surface area contributed by atoms with Gasteiger partial charge in [-0.1, -0.05) is 18.1 Å². The zero-order chi connectivity index (χ0) is 12.4. The maximum absolute atomic E-state index is 3.53. The van der Waals surface area contributed by atoms with Crippen LogP contribution in [0.3, 0.4) is 0 Å². The maximum atomic E-state index is 3.53. The lowest BCUT2D eigenvalue weighted by atomic mass is 10.0. The fourth-order valence-corrected chi connectivity index (χ4v) is 4.71. The van der Waals surface area contributed by atoms with Crippen LogP contribution in [-0.2, 0) is 12.8 Å². The van der Waals surface area contributed by atoms with E-state index in [0.717, 1.165) is 0 Å². The van der Waals surface area contributed by atoms with Crippen LogP contribution in [0.1, 0.15) is 59.9 Å². The van der Waals surface area contributed by atoms with Gasteiger partial charge in [0.1, 0.15) is 0 Å². The summed E-state index contributed by atoms with van der Waals surface area (Å²) >= 11 is 2.06. The highest BCUT2D eigenvalue weighted by Crippen LogP contribution is 2.37. The minimum atomic E-state index is 0.490. The summed E-state index contributed by atoms with van der Waals surface area (Å²) in [5.74, 6) is 0. The van der Waals surface area contributed by atoms with Gasteiger partial charge < -0.3 is 5.32 Å². The van der Waals surface area contributed by atoms with Gasteiger partial charge in [-0.05, 0) is 63.6 Å². The van der Waals surface area contributed by atoms with E-state index in [1.807, 2.05) is 0 Å². The van der Waals surface area contributed by atoms with Crippen molar-refractivity contribution in [3.05, 3.63) is 33.0 Å². The molecule has 0 aromatic carbocycles. The summed E-state index contributed by atoms with van der Waals surface area (Å²) in [6.45, 7) is 0. The average Bonchev–Trinajstić information content (AvgIpc) is 2.98. The molecular weight excluding hydrogens is 238 g/mol. The molecule has 18 heavy (non-hydrogen) atoms. The summed E-state index contributed by atoms with van der Waals surface area (Å²) in [6.07, 6.45) is 13.2. The molecule has 2 aliphatic carbocycles. The van der Waals surface area contributed by atoms with Crippen LogP contribution in [0.15, 0.2) is 17.7 Å². The first kappa shape index (κ1) is 12.4. The van der Waals surface area contributed by atoms with Gasteiger partial charge in [0.05, 0.1) is 6.04 Å². The largest absolute Gasteiger partial charge is 0.309 e. The Morgan fingerprint density at radius 2 is 2.00 bits per heavy atom. The third kappa shape index (κ3) is 2.41. The third-order valence-corrected chi connectivity index (χ3v) is 5.59. The van der Waals surface area contributed by atoms with E-state index in [1.54, 1.807) is 20.9 Å². The Bertz CT molecular complexity index is 420. The molecule has 2 heteroatoms. The number of likely N-dealkylation sites (N-methyl/N-ethyl adjacent to an activating group) is 1. The summed E-state index contributed by atoms with van der Waals surface area (Å²) < 4.78 is 0. The van der Waals surface area contributed by atoms with Crippen LogP contribution in [0, 0.1) is 0 Å². The van der Waals surface area contributed by atoms with Crippen LogP contribution in [0.5, 0.6) is 0 Å². The van der Waals surface area contributed by atoms with Gasteiger partial charge in [0, 0.05) is 9.75 Å². The summed E-state index contributed by atoms with van der Waals surface area (Å²) in [6, 6.07) is 2.98. The predicted molar refractivity (Wildman–Crippen MR) is 79.3 cm³/mol.